The van der Waals surface area contributed by atoms with E-state index in [9.17, 15) is 0 Å². The van der Waals surface area contributed by atoms with E-state index in [0.29, 0.717) is 11.8 Å². The van der Waals surface area contributed by atoms with Crippen molar-refractivity contribution in [2.45, 2.75) is 5.92 Å². The Morgan fingerprint density at radius 1 is 1.31 bits per heavy atom. The van der Waals surface area contributed by atoms with Gasteiger partial charge in [-0.3, -0.25) is 0 Å². The van der Waals surface area contributed by atoms with Gasteiger partial charge in [-0.1, -0.05) is 15.9 Å². The number of benzene rings is 1. The molecule has 0 aromatic heterocycles. The van der Waals surface area contributed by atoms with Crippen molar-refractivity contribution in [2.24, 2.45) is 5.92 Å². The molecule has 4 heteroatoms. The van der Waals surface area contributed by atoms with Crippen molar-refractivity contribution in [3.8, 4) is 5.75 Å². The molecule has 2 heterocycles. The Kier molecular flexibility index (Phi) is 2.56. The van der Waals surface area contributed by atoms with E-state index in [0.717, 1.165) is 29.9 Å². The van der Waals surface area contributed by atoms with Crippen LogP contribution in [-0.4, -0.2) is 26.7 Å². The Hall–Kier alpha value is -0.740. The lowest BCUT2D eigenvalue weighted by atomic mass is 9.84. The molecule has 2 N–H and O–H groups in total. The van der Waals surface area contributed by atoms with Crippen molar-refractivity contribution < 1.29 is 4.74 Å². The van der Waals surface area contributed by atoms with Crippen LogP contribution >= 0.6 is 15.9 Å². The van der Waals surface area contributed by atoms with Crippen molar-refractivity contribution in [3.63, 3.8) is 0 Å². The van der Waals surface area contributed by atoms with Gasteiger partial charge in [-0.25, -0.2) is 0 Å². The zero-order valence-electron chi connectivity index (χ0n) is 9.22. The summed E-state index contributed by atoms with van der Waals surface area (Å²) in [7, 11) is 1.72. The van der Waals surface area contributed by atoms with Crippen LogP contribution in [-0.2, 0) is 0 Å². The standard InChI is InChI=1S/C12H15BrN2O/c1-16-11-3-8(13)2-9-10-6-14-4-7(10)5-15-12(9)11/h2-3,7,10,14-15H,4-6H2,1H3/t7-,10-/m1/s1. The highest BCUT2D eigenvalue weighted by Crippen LogP contribution is 2.43. The first kappa shape index (κ1) is 10.4. The van der Waals surface area contributed by atoms with Crippen LogP contribution in [0.25, 0.3) is 0 Å². The molecule has 0 spiro atoms. The Morgan fingerprint density at radius 2 is 2.19 bits per heavy atom. The first-order valence-electron chi connectivity index (χ1n) is 5.61. The van der Waals surface area contributed by atoms with E-state index in [-0.39, 0.29) is 0 Å². The van der Waals surface area contributed by atoms with E-state index in [1.807, 2.05) is 6.07 Å². The predicted molar refractivity (Wildman–Crippen MR) is 68.3 cm³/mol. The third-order valence-corrected chi connectivity index (χ3v) is 4.06. The number of anilines is 1. The van der Waals surface area contributed by atoms with E-state index < -0.39 is 0 Å². The minimum absolute atomic E-state index is 0.627. The van der Waals surface area contributed by atoms with Gasteiger partial charge in [0.1, 0.15) is 5.75 Å². The van der Waals surface area contributed by atoms with Crippen LogP contribution in [0.4, 0.5) is 5.69 Å². The molecule has 3 nitrogen and oxygen atoms in total. The molecule has 2 atom stereocenters. The molecule has 1 aromatic carbocycles. The van der Waals surface area contributed by atoms with Crippen LogP contribution in [0, 0.1) is 5.92 Å². The highest BCUT2D eigenvalue weighted by Gasteiger charge is 2.34. The van der Waals surface area contributed by atoms with Gasteiger partial charge in [0, 0.05) is 30.0 Å². The molecule has 0 amide bonds. The zero-order chi connectivity index (χ0) is 11.1. The van der Waals surface area contributed by atoms with Crippen LogP contribution < -0.4 is 15.4 Å². The highest BCUT2D eigenvalue weighted by molar-refractivity contribution is 9.10. The molecule has 0 bridgehead atoms. The molecule has 1 aromatic rings. The summed E-state index contributed by atoms with van der Waals surface area (Å²) >= 11 is 3.55. The second kappa shape index (κ2) is 3.93. The summed E-state index contributed by atoms with van der Waals surface area (Å²) < 4.78 is 6.52. The number of halogens is 1. The van der Waals surface area contributed by atoms with Gasteiger partial charge in [-0.2, -0.15) is 0 Å². The largest absolute Gasteiger partial charge is 0.495 e. The van der Waals surface area contributed by atoms with E-state index in [1.54, 1.807) is 7.11 Å². The fourth-order valence-electron chi connectivity index (χ4n) is 2.79. The number of hydrogen-bond acceptors (Lipinski definition) is 3. The van der Waals surface area contributed by atoms with Gasteiger partial charge in [0.25, 0.3) is 0 Å². The van der Waals surface area contributed by atoms with Crippen molar-refractivity contribution in [3.05, 3.63) is 22.2 Å². The number of methoxy groups -OCH3 is 1. The Morgan fingerprint density at radius 3 is 3.00 bits per heavy atom. The lowest BCUT2D eigenvalue weighted by Gasteiger charge is -2.30. The third-order valence-electron chi connectivity index (χ3n) is 3.60. The molecule has 2 aliphatic rings. The van der Waals surface area contributed by atoms with Crippen LogP contribution in [0.1, 0.15) is 11.5 Å². The lowest BCUT2D eigenvalue weighted by Crippen LogP contribution is -2.27. The van der Waals surface area contributed by atoms with Gasteiger partial charge in [-0.05, 0) is 23.6 Å². The Bertz CT molecular complexity index is 422. The van der Waals surface area contributed by atoms with Gasteiger partial charge in [0.05, 0.1) is 12.8 Å². The fourth-order valence-corrected chi connectivity index (χ4v) is 3.24. The molecule has 0 radical (unpaired) electrons. The maximum absolute atomic E-state index is 5.43. The zero-order valence-corrected chi connectivity index (χ0v) is 10.8. The number of rotatable bonds is 1. The number of hydrogen-bond donors (Lipinski definition) is 2. The van der Waals surface area contributed by atoms with Crippen LogP contribution in [0.5, 0.6) is 5.75 Å². The van der Waals surface area contributed by atoms with Crippen LogP contribution in [0.3, 0.4) is 0 Å². The smallest absolute Gasteiger partial charge is 0.143 e. The van der Waals surface area contributed by atoms with Gasteiger partial charge < -0.3 is 15.4 Å². The summed E-state index contributed by atoms with van der Waals surface area (Å²) in [6, 6.07) is 4.24. The topological polar surface area (TPSA) is 33.3 Å². The second-order valence-corrected chi connectivity index (χ2v) is 5.39. The second-order valence-electron chi connectivity index (χ2n) is 4.48. The summed E-state index contributed by atoms with van der Waals surface area (Å²) in [4.78, 5) is 0. The molecule has 0 aliphatic carbocycles. The summed E-state index contributed by atoms with van der Waals surface area (Å²) in [6.07, 6.45) is 0. The number of ether oxygens (including phenoxy) is 1. The molecule has 0 saturated carbocycles. The summed E-state index contributed by atoms with van der Waals surface area (Å²) in [6.45, 7) is 3.24. The maximum atomic E-state index is 5.43. The molecular formula is C12H15BrN2O. The molecule has 3 rings (SSSR count). The van der Waals surface area contributed by atoms with Crippen molar-refractivity contribution in [2.75, 3.05) is 32.1 Å². The lowest BCUT2D eigenvalue weighted by molar-refractivity contribution is 0.412. The quantitative estimate of drug-likeness (QED) is 0.829. The molecule has 86 valence electrons. The van der Waals surface area contributed by atoms with Gasteiger partial charge >= 0.3 is 0 Å². The molecule has 1 fully saturated rings. The number of fused-ring (bicyclic) bond motifs is 3. The molecule has 1 saturated heterocycles. The monoisotopic (exact) mass is 282 g/mol. The summed E-state index contributed by atoms with van der Waals surface area (Å²) in [5.41, 5.74) is 2.56. The van der Waals surface area contributed by atoms with Crippen LogP contribution in [0.2, 0.25) is 0 Å². The molecule has 2 aliphatic heterocycles. The van der Waals surface area contributed by atoms with Crippen molar-refractivity contribution in [1.82, 2.24) is 5.32 Å². The van der Waals surface area contributed by atoms with E-state index in [1.165, 1.54) is 11.3 Å². The average molecular weight is 283 g/mol. The average Bonchev–Trinajstić information content (AvgIpc) is 2.76. The summed E-state index contributed by atoms with van der Waals surface area (Å²) in [5, 5.41) is 6.96. The number of nitrogens with one attached hydrogen (secondary N) is 2. The minimum Gasteiger partial charge on any atom is -0.495 e. The van der Waals surface area contributed by atoms with E-state index in [4.69, 9.17) is 4.74 Å². The Balaban J connectivity index is 2.11. The predicted octanol–water partition coefficient (Wildman–Crippen LogP) is 2.19. The summed E-state index contributed by atoms with van der Waals surface area (Å²) in [5.74, 6) is 2.28. The maximum Gasteiger partial charge on any atom is 0.143 e. The first-order valence-corrected chi connectivity index (χ1v) is 6.41. The third kappa shape index (κ3) is 1.52. The van der Waals surface area contributed by atoms with Gasteiger partial charge in [-0.15, -0.1) is 0 Å². The van der Waals surface area contributed by atoms with Crippen molar-refractivity contribution in [1.29, 1.82) is 0 Å². The van der Waals surface area contributed by atoms with Gasteiger partial charge in [0.2, 0.25) is 0 Å². The fraction of sp³-hybridized carbons (Fsp3) is 0.500. The molecule has 0 unspecified atom stereocenters. The molecular weight excluding hydrogens is 268 g/mol. The van der Waals surface area contributed by atoms with Gasteiger partial charge in [0.15, 0.2) is 0 Å². The minimum atomic E-state index is 0.627. The van der Waals surface area contributed by atoms with Crippen molar-refractivity contribution >= 4 is 21.6 Å². The Labute approximate surface area is 104 Å². The molecule has 16 heavy (non-hydrogen) atoms. The SMILES string of the molecule is COc1cc(Br)cc2c1NC[C@H]1CNC[C@@H]21. The first-order chi connectivity index (χ1) is 7.79. The van der Waals surface area contributed by atoms with E-state index in [2.05, 4.69) is 32.6 Å². The highest BCUT2D eigenvalue weighted by atomic mass is 79.9. The van der Waals surface area contributed by atoms with Crippen LogP contribution in [0.15, 0.2) is 16.6 Å². The van der Waals surface area contributed by atoms with E-state index >= 15 is 0 Å². The normalized spacial score (nSPS) is 26.9.